The number of fused-ring (bicyclic) bond motifs is 1. The van der Waals surface area contributed by atoms with Gasteiger partial charge in [-0.15, -0.1) is 0 Å². The smallest absolute Gasteiger partial charge is 0.272 e. The summed E-state index contributed by atoms with van der Waals surface area (Å²) < 4.78 is 66.4. The van der Waals surface area contributed by atoms with E-state index in [1.54, 1.807) is 19.2 Å². The lowest BCUT2D eigenvalue weighted by atomic mass is 9.91. The molecule has 0 radical (unpaired) electrons. The molecule has 6 nitrogen and oxygen atoms in total. The van der Waals surface area contributed by atoms with Crippen LogP contribution in [0.2, 0.25) is 0 Å². The summed E-state index contributed by atoms with van der Waals surface area (Å²) in [5, 5.41) is 2.56. The third-order valence-electron chi connectivity index (χ3n) is 6.46. The van der Waals surface area contributed by atoms with E-state index in [0.717, 1.165) is 30.5 Å². The largest absolute Gasteiger partial charge is 0.345 e. The Hall–Kier alpha value is -3.11. The summed E-state index contributed by atoms with van der Waals surface area (Å²) in [6.45, 7) is 2.02. The predicted molar refractivity (Wildman–Crippen MR) is 128 cm³/mol. The average Bonchev–Trinajstić information content (AvgIpc) is 3.09. The highest BCUT2D eigenvalue weighted by Gasteiger charge is 2.32. The highest BCUT2D eigenvalue weighted by molar-refractivity contribution is 7.90. The van der Waals surface area contributed by atoms with Gasteiger partial charge in [-0.2, -0.15) is 0 Å². The fourth-order valence-corrected chi connectivity index (χ4v) is 6.24. The fourth-order valence-electron chi connectivity index (χ4n) is 4.48. The normalized spacial score (nSPS) is 20.7. The molecular formula is C25H27F3N4O2S. The molecule has 1 amide bonds. The number of aromatic nitrogens is 1. The quantitative estimate of drug-likeness (QED) is 0.432. The second kappa shape index (κ2) is 9.87. The molecule has 1 aliphatic heterocycles. The van der Waals surface area contributed by atoms with Crippen LogP contribution >= 0.6 is 0 Å². The average molecular weight is 505 g/mol. The number of amides is 1. The first kappa shape index (κ1) is 25.0. The maximum atomic E-state index is 13.6. The van der Waals surface area contributed by atoms with E-state index in [1.807, 2.05) is 6.92 Å². The maximum absolute atomic E-state index is 13.6. The lowest BCUT2D eigenvalue weighted by Gasteiger charge is -2.24. The van der Waals surface area contributed by atoms with Gasteiger partial charge >= 0.3 is 0 Å². The van der Waals surface area contributed by atoms with Crippen molar-refractivity contribution in [1.82, 2.24) is 9.29 Å². The molecule has 35 heavy (non-hydrogen) atoms. The number of carbonyl (C=O) groups excluding carboxylic acids is 1. The molecule has 0 saturated carbocycles. The van der Waals surface area contributed by atoms with Crippen LogP contribution in [0, 0.1) is 28.1 Å². The topological polar surface area (TPSA) is 87.0 Å². The van der Waals surface area contributed by atoms with Crippen molar-refractivity contribution >= 4 is 21.5 Å². The summed E-state index contributed by atoms with van der Waals surface area (Å²) in [5.74, 6) is -2.87. The molecule has 2 aromatic carbocycles. The summed E-state index contributed by atoms with van der Waals surface area (Å²) in [4.78, 5) is 13.3. The van der Waals surface area contributed by atoms with Crippen molar-refractivity contribution in [2.45, 2.75) is 43.5 Å². The zero-order chi connectivity index (χ0) is 25.3. The van der Waals surface area contributed by atoms with Crippen LogP contribution in [0.5, 0.6) is 0 Å². The van der Waals surface area contributed by atoms with Gasteiger partial charge in [0.2, 0.25) is 0 Å². The monoisotopic (exact) mass is 504 g/mol. The van der Waals surface area contributed by atoms with E-state index in [2.05, 4.69) is 10.0 Å². The van der Waals surface area contributed by atoms with Gasteiger partial charge in [-0.3, -0.25) is 4.79 Å². The summed E-state index contributed by atoms with van der Waals surface area (Å²) in [7, 11) is -1.77. The Bertz CT molecular complexity index is 1350. The molecule has 0 fully saturated rings. The summed E-state index contributed by atoms with van der Waals surface area (Å²) >= 11 is 0. The lowest BCUT2D eigenvalue weighted by molar-refractivity contribution is 0.101. The first-order valence-corrected chi connectivity index (χ1v) is 12.9. The molecule has 0 saturated heterocycles. The molecular weight excluding hydrogens is 477 g/mol. The Labute approximate surface area is 202 Å². The van der Waals surface area contributed by atoms with Crippen molar-refractivity contribution in [3.05, 3.63) is 82.9 Å². The van der Waals surface area contributed by atoms with E-state index >= 15 is 0 Å². The summed E-state index contributed by atoms with van der Waals surface area (Å²) in [5.41, 5.74) is 1.83. The molecule has 186 valence electrons. The van der Waals surface area contributed by atoms with Gasteiger partial charge in [0.1, 0.15) is 21.4 Å². The highest BCUT2D eigenvalue weighted by Crippen LogP contribution is 2.31. The SMILES string of the molecule is C[C@@H](CCc1ccc(F)cc1)[C@H]1CCc2c(cn(C)c2C(=O)Nc2ccc(F)c(F)c2)S(=N)(=O)N1. The minimum atomic E-state index is -3.39. The van der Waals surface area contributed by atoms with Crippen molar-refractivity contribution in [1.29, 1.82) is 4.78 Å². The van der Waals surface area contributed by atoms with Crippen LogP contribution in [0.15, 0.2) is 53.6 Å². The molecule has 10 heteroatoms. The Kier molecular flexibility index (Phi) is 7.05. The van der Waals surface area contributed by atoms with Gasteiger partial charge in [0, 0.05) is 36.6 Å². The predicted octanol–water partition coefficient (Wildman–Crippen LogP) is 5.19. The first-order chi connectivity index (χ1) is 16.5. The van der Waals surface area contributed by atoms with Crippen LogP contribution in [0.4, 0.5) is 18.9 Å². The van der Waals surface area contributed by atoms with Crippen LogP contribution in [-0.2, 0) is 29.8 Å². The van der Waals surface area contributed by atoms with Gasteiger partial charge in [0.15, 0.2) is 11.6 Å². The Morgan fingerprint density at radius 2 is 1.91 bits per heavy atom. The number of aryl methyl sites for hydroxylation is 2. The molecule has 4 rings (SSSR count). The highest BCUT2D eigenvalue weighted by atomic mass is 32.2. The van der Waals surface area contributed by atoms with Crippen LogP contribution in [-0.4, -0.2) is 20.7 Å². The van der Waals surface area contributed by atoms with Crippen molar-refractivity contribution < 1.29 is 22.2 Å². The number of benzene rings is 2. The van der Waals surface area contributed by atoms with Gasteiger partial charge in [0.05, 0.1) is 4.90 Å². The van der Waals surface area contributed by atoms with Gasteiger partial charge in [-0.25, -0.2) is 26.9 Å². The molecule has 0 spiro atoms. The molecule has 1 unspecified atom stereocenters. The second-order valence-corrected chi connectivity index (χ2v) is 10.8. The van der Waals surface area contributed by atoms with Crippen LogP contribution in [0.3, 0.4) is 0 Å². The molecule has 0 bridgehead atoms. The third-order valence-corrected chi connectivity index (χ3v) is 8.07. The van der Waals surface area contributed by atoms with Crippen molar-refractivity contribution in [3.8, 4) is 0 Å². The second-order valence-electron chi connectivity index (χ2n) is 8.98. The Morgan fingerprint density at radius 3 is 2.60 bits per heavy atom. The minimum absolute atomic E-state index is 0.0726. The zero-order valence-corrected chi connectivity index (χ0v) is 20.2. The molecule has 1 aromatic heterocycles. The first-order valence-electron chi connectivity index (χ1n) is 11.3. The number of halogens is 3. The molecule has 2 heterocycles. The van der Waals surface area contributed by atoms with E-state index in [9.17, 15) is 22.2 Å². The molecule has 3 atom stereocenters. The van der Waals surface area contributed by atoms with Gasteiger partial charge in [-0.05, 0) is 61.4 Å². The number of hydrogen-bond donors (Lipinski definition) is 3. The minimum Gasteiger partial charge on any atom is -0.345 e. The lowest BCUT2D eigenvalue weighted by Crippen LogP contribution is -2.37. The van der Waals surface area contributed by atoms with Gasteiger partial charge in [-0.1, -0.05) is 19.1 Å². The number of anilines is 1. The van der Waals surface area contributed by atoms with Crippen LogP contribution in [0.25, 0.3) is 0 Å². The number of carbonyl (C=O) groups is 1. The zero-order valence-electron chi connectivity index (χ0n) is 19.4. The Morgan fingerprint density at radius 1 is 1.20 bits per heavy atom. The van der Waals surface area contributed by atoms with Crippen LogP contribution in [0.1, 0.15) is 41.4 Å². The van der Waals surface area contributed by atoms with Gasteiger partial charge in [0.25, 0.3) is 5.91 Å². The number of rotatable bonds is 6. The summed E-state index contributed by atoms with van der Waals surface area (Å²) in [6, 6.07) is 9.17. The third kappa shape index (κ3) is 5.43. The van der Waals surface area contributed by atoms with E-state index in [4.69, 9.17) is 4.78 Å². The number of hydrogen-bond acceptors (Lipinski definition) is 3. The molecule has 3 N–H and O–H groups in total. The van der Waals surface area contributed by atoms with E-state index in [1.165, 1.54) is 29.0 Å². The maximum Gasteiger partial charge on any atom is 0.272 e. The fraction of sp³-hybridized carbons (Fsp3) is 0.320. The summed E-state index contributed by atoms with van der Waals surface area (Å²) in [6.07, 6.45) is 3.96. The number of nitrogens with zero attached hydrogens (tertiary/aromatic N) is 1. The Balaban J connectivity index is 1.52. The van der Waals surface area contributed by atoms with Crippen molar-refractivity contribution in [2.75, 3.05) is 5.32 Å². The molecule has 3 aromatic rings. The van der Waals surface area contributed by atoms with E-state index in [0.29, 0.717) is 18.4 Å². The van der Waals surface area contributed by atoms with Gasteiger partial charge < -0.3 is 9.88 Å². The van der Waals surface area contributed by atoms with Crippen LogP contribution < -0.4 is 10.0 Å². The van der Waals surface area contributed by atoms with Crippen molar-refractivity contribution in [2.24, 2.45) is 13.0 Å². The van der Waals surface area contributed by atoms with E-state index < -0.39 is 27.5 Å². The van der Waals surface area contributed by atoms with Crippen molar-refractivity contribution in [3.63, 3.8) is 0 Å². The molecule has 0 aliphatic carbocycles. The molecule has 1 aliphatic rings. The van der Waals surface area contributed by atoms with E-state index in [-0.39, 0.29) is 34.1 Å². The standard InChI is InChI=1S/C25H27F3N4O2S/c1-15(3-4-16-5-7-17(26)8-6-16)22-12-10-19-23(35(29,34)31-22)14-32(2)24(19)25(33)30-18-9-11-20(27)21(28)13-18/h5-9,11,13-15,22H,3-4,10,12H2,1-2H3,(H,30,33)(H2,29,31,34)/t15-,22+,35?/m0/s1. The number of nitrogens with one attached hydrogen (secondary N) is 3.